The molecular formula is C14H17N3O2. The van der Waals surface area contributed by atoms with Crippen molar-refractivity contribution >= 4 is 11.6 Å². The summed E-state index contributed by atoms with van der Waals surface area (Å²) in [5, 5.41) is 11.2. The van der Waals surface area contributed by atoms with Crippen LogP contribution in [0.4, 0.5) is 5.69 Å². The summed E-state index contributed by atoms with van der Waals surface area (Å²) in [4.78, 5) is 13.6. The Labute approximate surface area is 112 Å². The van der Waals surface area contributed by atoms with Gasteiger partial charge in [0.05, 0.1) is 19.3 Å². The van der Waals surface area contributed by atoms with Crippen LogP contribution < -0.4 is 10.2 Å². The third-order valence-corrected chi connectivity index (χ3v) is 3.06. The molecule has 0 aromatic heterocycles. The third-order valence-electron chi connectivity index (χ3n) is 3.06. The summed E-state index contributed by atoms with van der Waals surface area (Å²) in [6.07, 6.45) is -0.0975. The number of carbonyl (C=O) groups excluding carboxylic acids is 1. The highest BCUT2D eigenvalue weighted by Gasteiger charge is 2.14. The Morgan fingerprint density at radius 3 is 2.84 bits per heavy atom. The standard InChI is InChI=1S/C14H17N3O2/c15-6-5-14(18)16-11-12-3-1-2-4-13(12)17-7-9-19-10-8-17/h1-4H,5,7-11H2,(H,16,18). The van der Waals surface area contributed by atoms with Gasteiger partial charge in [-0.25, -0.2) is 0 Å². The average Bonchev–Trinajstić information content (AvgIpc) is 2.47. The molecule has 1 amide bonds. The number of nitriles is 1. The van der Waals surface area contributed by atoms with E-state index in [4.69, 9.17) is 10.00 Å². The molecule has 0 aliphatic carbocycles. The first kappa shape index (κ1) is 13.4. The maximum Gasteiger partial charge on any atom is 0.234 e. The van der Waals surface area contributed by atoms with Crippen molar-refractivity contribution in [3.63, 3.8) is 0 Å². The van der Waals surface area contributed by atoms with Gasteiger partial charge in [0.2, 0.25) is 5.91 Å². The number of benzene rings is 1. The lowest BCUT2D eigenvalue weighted by molar-refractivity contribution is -0.120. The van der Waals surface area contributed by atoms with Gasteiger partial charge in [-0.2, -0.15) is 5.26 Å². The summed E-state index contributed by atoms with van der Waals surface area (Å²) in [7, 11) is 0. The SMILES string of the molecule is N#CCC(=O)NCc1ccccc1N1CCOCC1. The van der Waals surface area contributed by atoms with Crippen LogP contribution in [0.5, 0.6) is 0 Å². The van der Waals surface area contributed by atoms with Crippen LogP contribution in [-0.2, 0) is 16.1 Å². The second-order valence-corrected chi connectivity index (χ2v) is 4.34. The van der Waals surface area contributed by atoms with Gasteiger partial charge >= 0.3 is 0 Å². The van der Waals surface area contributed by atoms with E-state index in [-0.39, 0.29) is 12.3 Å². The molecule has 1 fully saturated rings. The molecule has 0 atom stereocenters. The predicted molar refractivity (Wildman–Crippen MR) is 71.6 cm³/mol. The highest BCUT2D eigenvalue weighted by atomic mass is 16.5. The number of carbonyl (C=O) groups is 1. The maximum atomic E-state index is 11.3. The molecule has 1 saturated heterocycles. The molecule has 0 radical (unpaired) electrons. The Hall–Kier alpha value is -2.06. The van der Waals surface area contributed by atoms with Crippen LogP contribution in [-0.4, -0.2) is 32.2 Å². The Kier molecular flexibility index (Phi) is 4.76. The van der Waals surface area contributed by atoms with E-state index in [1.54, 1.807) is 0 Å². The quantitative estimate of drug-likeness (QED) is 0.878. The molecule has 1 aromatic rings. The summed E-state index contributed by atoms with van der Waals surface area (Å²) in [5.74, 6) is -0.237. The largest absolute Gasteiger partial charge is 0.378 e. The first-order valence-electron chi connectivity index (χ1n) is 6.35. The molecular weight excluding hydrogens is 242 g/mol. The van der Waals surface area contributed by atoms with Gasteiger partial charge in [0, 0.05) is 25.3 Å². The van der Waals surface area contributed by atoms with Crippen LogP contribution in [0.25, 0.3) is 0 Å². The predicted octanol–water partition coefficient (Wildman–Crippen LogP) is 1.05. The summed E-state index contributed by atoms with van der Waals surface area (Å²) < 4.78 is 5.34. The van der Waals surface area contributed by atoms with Crippen molar-refractivity contribution in [2.45, 2.75) is 13.0 Å². The molecule has 1 heterocycles. The molecule has 1 aromatic carbocycles. The Balaban J connectivity index is 2.03. The number of morpholine rings is 1. The van der Waals surface area contributed by atoms with Gasteiger partial charge < -0.3 is 15.0 Å². The molecule has 1 aliphatic heterocycles. The van der Waals surface area contributed by atoms with Crippen LogP contribution in [0, 0.1) is 11.3 Å². The van der Waals surface area contributed by atoms with Gasteiger partial charge in [0.1, 0.15) is 6.42 Å². The molecule has 2 rings (SSSR count). The molecule has 100 valence electrons. The monoisotopic (exact) mass is 259 g/mol. The van der Waals surface area contributed by atoms with E-state index in [0.717, 1.165) is 37.6 Å². The minimum atomic E-state index is -0.237. The van der Waals surface area contributed by atoms with Crippen LogP contribution in [0.1, 0.15) is 12.0 Å². The Morgan fingerprint density at radius 2 is 2.11 bits per heavy atom. The van der Waals surface area contributed by atoms with Crippen molar-refractivity contribution in [3.8, 4) is 6.07 Å². The second kappa shape index (κ2) is 6.76. The van der Waals surface area contributed by atoms with E-state index in [1.807, 2.05) is 24.3 Å². The Bertz CT molecular complexity index is 476. The highest BCUT2D eigenvalue weighted by molar-refractivity contribution is 5.78. The van der Waals surface area contributed by atoms with Gasteiger partial charge in [-0.15, -0.1) is 0 Å². The van der Waals surface area contributed by atoms with Crippen LogP contribution >= 0.6 is 0 Å². The van der Waals surface area contributed by atoms with Crippen LogP contribution in [0.2, 0.25) is 0 Å². The van der Waals surface area contributed by atoms with Crippen LogP contribution in [0.3, 0.4) is 0 Å². The minimum absolute atomic E-state index is 0.0975. The van der Waals surface area contributed by atoms with Crippen molar-refractivity contribution < 1.29 is 9.53 Å². The number of ether oxygens (including phenoxy) is 1. The topological polar surface area (TPSA) is 65.4 Å². The van der Waals surface area contributed by atoms with Crippen molar-refractivity contribution in [1.82, 2.24) is 5.32 Å². The average molecular weight is 259 g/mol. The molecule has 19 heavy (non-hydrogen) atoms. The van der Waals surface area contributed by atoms with Gasteiger partial charge in [0.15, 0.2) is 0 Å². The van der Waals surface area contributed by atoms with E-state index < -0.39 is 0 Å². The summed E-state index contributed by atoms with van der Waals surface area (Å²) in [6, 6.07) is 9.84. The highest BCUT2D eigenvalue weighted by Crippen LogP contribution is 2.21. The van der Waals surface area contributed by atoms with E-state index >= 15 is 0 Å². The van der Waals surface area contributed by atoms with E-state index in [9.17, 15) is 4.79 Å². The lowest BCUT2D eigenvalue weighted by atomic mass is 10.1. The second-order valence-electron chi connectivity index (χ2n) is 4.34. The number of rotatable bonds is 4. The van der Waals surface area contributed by atoms with Crippen LogP contribution in [0.15, 0.2) is 24.3 Å². The van der Waals surface area contributed by atoms with Crippen molar-refractivity contribution in [2.75, 3.05) is 31.2 Å². The summed E-state index contributed by atoms with van der Waals surface area (Å²) >= 11 is 0. The number of para-hydroxylation sites is 1. The van der Waals surface area contributed by atoms with Gasteiger partial charge in [-0.3, -0.25) is 4.79 Å². The molecule has 1 N–H and O–H groups in total. The van der Waals surface area contributed by atoms with Gasteiger partial charge in [0.25, 0.3) is 0 Å². The fraction of sp³-hybridized carbons (Fsp3) is 0.429. The zero-order valence-electron chi connectivity index (χ0n) is 10.8. The fourth-order valence-electron chi connectivity index (χ4n) is 2.10. The smallest absolute Gasteiger partial charge is 0.234 e. The molecule has 0 saturated carbocycles. The lowest BCUT2D eigenvalue weighted by Gasteiger charge is -2.30. The number of amides is 1. The first-order valence-corrected chi connectivity index (χ1v) is 6.35. The minimum Gasteiger partial charge on any atom is -0.378 e. The van der Waals surface area contributed by atoms with Gasteiger partial charge in [-0.05, 0) is 11.6 Å². The molecule has 0 bridgehead atoms. The summed E-state index contributed by atoms with van der Waals surface area (Å²) in [5.41, 5.74) is 2.19. The summed E-state index contributed by atoms with van der Waals surface area (Å²) in [6.45, 7) is 3.64. The van der Waals surface area contributed by atoms with Crippen molar-refractivity contribution in [1.29, 1.82) is 5.26 Å². The number of anilines is 1. The van der Waals surface area contributed by atoms with E-state index in [2.05, 4.69) is 16.3 Å². The maximum absolute atomic E-state index is 11.3. The fourth-order valence-corrected chi connectivity index (χ4v) is 2.10. The molecule has 5 heteroatoms. The molecule has 0 spiro atoms. The molecule has 5 nitrogen and oxygen atoms in total. The Morgan fingerprint density at radius 1 is 1.37 bits per heavy atom. The first-order chi connectivity index (χ1) is 9.31. The van der Waals surface area contributed by atoms with E-state index in [0.29, 0.717) is 6.54 Å². The number of nitrogens with one attached hydrogen (secondary N) is 1. The zero-order valence-corrected chi connectivity index (χ0v) is 10.8. The number of hydrogen-bond donors (Lipinski definition) is 1. The van der Waals surface area contributed by atoms with Crippen molar-refractivity contribution in [3.05, 3.63) is 29.8 Å². The normalized spacial score (nSPS) is 14.8. The lowest BCUT2D eigenvalue weighted by Crippen LogP contribution is -2.37. The van der Waals surface area contributed by atoms with Crippen molar-refractivity contribution in [2.24, 2.45) is 0 Å². The third kappa shape index (κ3) is 3.70. The molecule has 1 aliphatic rings. The van der Waals surface area contributed by atoms with E-state index in [1.165, 1.54) is 0 Å². The zero-order chi connectivity index (χ0) is 13.5. The number of nitrogens with zero attached hydrogens (tertiary/aromatic N) is 2. The number of hydrogen-bond acceptors (Lipinski definition) is 4. The van der Waals surface area contributed by atoms with Gasteiger partial charge in [-0.1, -0.05) is 18.2 Å². The molecule has 0 unspecified atom stereocenters.